The second-order valence-corrected chi connectivity index (χ2v) is 4.59. The van der Waals surface area contributed by atoms with Gasteiger partial charge in [-0.3, -0.25) is 0 Å². The molecule has 1 N–H and O–H groups in total. The van der Waals surface area contributed by atoms with Gasteiger partial charge in [-0.25, -0.2) is 0 Å². The zero-order chi connectivity index (χ0) is 14.0. The molecule has 1 aromatic heterocycles. The van der Waals surface area contributed by atoms with Crippen LogP contribution >= 0.6 is 0 Å². The van der Waals surface area contributed by atoms with Crippen molar-refractivity contribution in [2.24, 2.45) is 0 Å². The van der Waals surface area contributed by atoms with Crippen molar-refractivity contribution < 1.29 is 13.5 Å². The zero-order valence-corrected chi connectivity index (χ0v) is 10.6. The molecule has 2 aromatic carbocycles. The summed E-state index contributed by atoms with van der Waals surface area (Å²) >= 11 is 0. The molecule has 0 saturated carbocycles. The summed E-state index contributed by atoms with van der Waals surface area (Å²) in [5.74, 6) is -2.57. The highest BCUT2D eigenvalue weighted by molar-refractivity contribution is 5.80. The second kappa shape index (κ2) is 4.96. The van der Waals surface area contributed by atoms with E-state index >= 15 is 0 Å². The monoisotopic (exact) mass is 273 g/mol. The first kappa shape index (κ1) is 12.7. The van der Waals surface area contributed by atoms with Crippen LogP contribution in [0.3, 0.4) is 0 Å². The van der Waals surface area contributed by atoms with E-state index in [0.717, 1.165) is 10.9 Å². The van der Waals surface area contributed by atoms with Crippen molar-refractivity contribution in [3.05, 3.63) is 66.4 Å². The summed E-state index contributed by atoms with van der Waals surface area (Å²) in [6, 6.07) is 14.8. The Bertz CT molecular complexity index is 707. The van der Waals surface area contributed by atoms with Gasteiger partial charge in [0.2, 0.25) is 0 Å². The van der Waals surface area contributed by atoms with Crippen molar-refractivity contribution in [2.75, 3.05) is 6.61 Å². The molecule has 1 heterocycles. The predicted octanol–water partition coefficient (Wildman–Crippen LogP) is 4.34. The van der Waals surface area contributed by atoms with Crippen molar-refractivity contribution in [1.82, 2.24) is 4.98 Å². The van der Waals surface area contributed by atoms with Crippen molar-refractivity contribution in [3.8, 4) is 5.75 Å². The van der Waals surface area contributed by atoms with E-state index in [4.69, 9.17) is 4.74 Å². The van der Waals surface area contributed by atoms with Crippen molar-refractivity contribution in [2.45, 2.75) is 5.92 Å². The van der Waals surface area contributed by atoms with E-state index in [1.54, 1.807) is 36.5 Å². The minimum Gasteiger partial charge on any atom is -0.487 e. The molecule has 0 fully saturated rings. The Hall–Kier alpha value is -2.36. The van der Waals surface area contributed by atoms with Gasteiger partial charge >= 0.3 is 5.92 Å². The second-order valence-electron chi connectivity index (χ2n) is 4.59. The molecule has 0 unspecified atom stereocenters. The third-order valence-corrected chi connectivity index (χ3v) is 3.14. The molecule has 0 aliphatic rings. The molecule has 102 valence electrons. The zero-order valence-electron chi connectivity index (χ0n) is 10.6. The SMILES string of the molecule is FC(F)(COc1ccc2[nH]ccc2c1)c1ccccc1. The Balaban J connectivity index is 1.75. The molecule has 0 spiro atoms. The van der Waals surface area contributed by atoms with Crippen LogP contribution < -0.4 is 4.74 Å². The number of fused-ring (bicyclic) bond motifs is 1. The molecule has 3 rings (SSSR count). The maximum atomic E-state index is 14.0. The molecule has 0 amide bonds. The number of aromatic amines is 1. The van der Waals surface area contributed by atoms with Crippen molar-refractivity contribution in [1.29, 1.82) is 0 Å². The third kappa shape index (κ3) is 2.50. The van der Waals surface area contributed by atoms with Gasteiger partial charge in [0.15, 0.2) is 6.61 Å². The number of alkyl halides is 2. The Kier molecular flexibility index (Phi) is 3.14. The van der Waals surface area contributed by atoms with Crippen LogP contribution in [0.15, 0.2) is 60.8 Å². The standard InChI is InChI=1S/C16H13F2NO/c17-16(18,13-4-2-1-3-5-13)11-20-14-6-7-15-12(10-14)8-9-19-15/h1-10,19H,11H2. The van der Waals surface area contributed by atoms with Gasteiger partial charge in [0.25, 0.3) is 0 Å². The summed E-state index contributed by atoms with van der Waals surface area (Å²) in [7, 11) is 0. The highest BCUT2D eigenvalue weighted by Crippen LogP contribution is 2.29. The third-order valence-electron chi connectivity index (χ3n) is 3.14. The largest absolute Gasteiger partial charge is 0.487 e. The maximum absolute atomic E-state index is 14.0. The molecular formula is C16H13F2NO. The number of hydrogen-bond donors (Lipinski definition) is 1. The van der Waals surface area contributed by atoms with Crippen LogP contribution in [0.1, 0.15) is 5.56 Å². The van der Waals surface area contributed by atoms with Gasteiger partial charge in [0.05, 0.1) is 0 Å². The Morgan fingerprint density at radius 3 is 2.60 bits per heavy atom. The van der Waals surface area contributed by atoms with Gasteiger partial charge in [0, 0.05) is 22.7 Å². The van der Waals surface area contributed by atoms with Gasteiger partial charge in [0.1, 0.15) is 5.75 Å². The molecule has 0 aliphatic carbocycles. The Morgan fingerprint density at radius 2 is 1.80 bits per heavy atom. The molecular weight excluding hydrogens is 260 g/mol. The molecule has 4 heteroatoms. The highest BCUT2D eigenvalue weighted by Gasteiger charge is 2.32. The lowest BCUT2D eigenvalue weighted by molar-refractivity contribution is -0.0466. The van der Waals surface area contributed by atoms with E-state index in [0.29, 0.717) is 5.75 Å². The normalized spacial score (nSPS) is 11.7. The van der Waals surface area contributed by atoms with Gasteiger partial charge in [-0.2, -0.15) is 8.78 Å². The van der Waals surface area contributed by atoms with Gasteiger partial charge < -0.3 is 9.72 Å². The van der Waals surface area contributed by atoms with E-state index in [2.05, 4.69) is 4.98 Å². The number of benzene rings is 2. The van der Waals surface area contributed by atoms with Gasteiger partial charge in [-0.15, -0.1) is 0 Å². The number of halogens is 2. The average Bonchev–Trinajstić information content (AvgIpc) is 2.94. The topological polar surface area (TPSA) is 25.0 Å². The molecule has 20 heavy (non-hydrogen) atoms. The minimum absolute atomic E-state index is 0.0391. The number of nitrogens with one attached hydrogen (secondary N) is 1. The van der Waals surface area contributed by atoms with E-state index in [1.165, 1.54) is 12.1 Å². The predicted molar refractivity (Wildman–Crippen MR) is 74.1 cm³/mol. The first-order chi connectivity index (χ1) is 9.65. The number of H-pyrrole nitrogens is 1. The van der Waals surface area contributed by atoms with Crippen molar-refractivity contribution in [3.63, 3.8) is 0 Å². The first-order valence-electron chi connectivity index (χ1n) is 6.28. The summed E-state index contributed by atoms with van der Waals surface area (Å²) in [6.45, 7) is -0.674. The molecule has 0 bridgehead atoms. The van der Waals surface area contributed by atoms with Crippen LogP contribution in [0.2, 0.25) is 0 Å². The summed E-state index contributed by atoms with van der Waals surface area (Å²) < 4.78 is 33.2. The van der Waals surface area contributed by atoms with Crippen LogP contribution in [0, 0.1) is 0 Å². The number of ether oxygens (including phenoxy) is 1. The Morgan fingerprint density at radius 1 is 1.00 bits per heavy atom. The molecule has 0 radical (unpaired) electrons. The van der Waals surface area contributed by atoms with E-state index in [1.807, 2.05) is 12.1 Å². The highest BCUT2D eigenvalue weighted by atomic mass is 19.3. The molecule has 3 aromatic rings. The number of rotatable bonds is 4. The van der Waals surface area contributed by atoms with E-state index < -0.39 is 12.5 Å². The fourth-order valence-electron chi connectivity index (χ4n) is 2.06. The lowest BCUT2D eigenvalue weighted by Gasteiger charge is -2.17. The maximum Gasteiger partial charge on any atom is 0.306 e. The van der Waals surface area contributed by atoms with Crippen molar-refractivity contribution >= 4 is 10.9 Å². The first-order valence-corrected chi connectivity index (χ1v) is 6.28. The number of aromatic nitrogens is 1. The smallest absolute Gasteiger partial charge is 0.306 e. The average molecular weight is 273 g/mol. The molecule has 0 saturated heterocycles. The number of hydrogen-bond acceptors (Lipinski definition) is 1. The fourth-order valence-corrected chi connectivity index (χ4v) is 2.06. The van der Waals surface area contributed by atoms with Gasteiger partial charge in [-0.05, 0) is 24.3 Å². The summed E-state index contributed by atoms with van der Waals surface area (Å²) in [4.78, 5) is 3.04. The quantitative estimate of drug-likeness (QED) is 0.751. The molecule has 0 aliphatic heterocycles. The molecule has 0 atom stereocenters. The lowest BCUT2D eigenvalue weighted by atomic mass is 10.1. The summed E-state index contributed by atoms with van der Waals surface area (Å²) in [5, 5.41) is 0.936. The van der Waals surface area contributed by atoms with Crippen LogP contribution in [0.25, 0.3) is 10.9 Å². The van der Waals surface area contributed by atoms with E-state index in [9.17, 15) is 8.78 Å². The van der Waals surface area contributed by atoms with Gasteiger partial charge in [-0.1, -0.05) is 30.3 Å². The van der Waals surface area contributed by atoms with E-state index in [-0.39, 0.29) is 5.56 Å². The van der Waals surface area contributed by atoms with Crippen LogP contribution in [-0.2, 0) is 5.92 Å². The molecule has 2 nitrogen and oxygen atoms in total. The lowest BCUT2D eigenvalue weighted by Crippen LogP contribution is -2.23. The summed E-state index contributed by atoms with van der Waals surface area (Å²) in [6.07, 6.45) is 1.80. The van der Waals surface area contributed by atoms with Crippen LogP contribution in [0.5, 0.6) is 5.75 Å². The minimum atomic E-state index is -3.01. The summed E-state index contributed by atoms with van der Waals surface area (Å²) in [5.41, 5.74) is 0.912. The van der Waals surface area contributed by atoms with Crippen LogP contribution in [-0.4, -0.2) is 11.6 Å². The fraction of sp³-hybridized carbons (Fsp3) is 0.125. The Labute approximate surface area is 115 Å². The van der Waals surface area contributed by atoms with Crippen LogP contribution in [0.4, 0.5) is 8.78 Å².